The minimum absolute atomic E-state index is 0.0784. The van der Waals surface area contributed by atoms with Crippen LogP contribution in [0.1, 0.15) is 12.8 Å². The van der Waals surface area contributed by atoms with Crippen LogP contribution in [-0.4, -0.2) is 44.3 Å². The number of halogens is 3. The molecule has 0 unspecified atom stereocenters. The molecule has 2 rings (SSSR count). The molecule has 24 heavy (non-hydrogen) atoms. The fourth-order valence-corrected chi connectivity index (χ4v) is 3.34. The van der Waals surface area contributed by atoms with Gasteiger partial charge in [-0.2, -0.15) is 0 Å². The Morgan fingerprint density at radius 2 is 1.83 bits per heavy atom. The Kier molecular flexibility index (Phi) is 5.38. The summed E-state index contributed by atoms with van der Waals surface area (Å²) in [6.07, 6.45) is -3.15. The number of sulfonamides is 1. The van der Waals surface area contributed by atoms with Gasteiger partial charge in [0.1, 0.15) is 0 Å². The molecule has 1 aliphatic heterocycles. The monoisotopic (exact) mass is 366 g/mol. The number of anilines is 1. The number of benzene rings is 1. The Balaban J connectivity index is 2.01. The van der Waals surface area contributed by atoms with Gasteiger partial charge in [-0.1, -0.05) is 12.1 Å². The lowest BCUT2D eigenvalue weighted by Crippen LogP contribution is -2.40. The van der Waals surface area contributed by atoms with Crippen LogP contribution in [0.5, 0.6) is 5.75 Å². The van der Waals surface area contributed by atoms with Gasteiger partial charge in [-0.3, -0.25) is 4.79 Å². The predicted molar refractivity (Wildman–Crippen MR) is 80.9 cm³/mol. The predicted octanol–water partition coefficient (Wildman–Crippen LogP) is 2.20. The zero-order valence-electron chi connectivity index (χ0n) is 12.8. The van der Waals surface area contributed by atoms with Gasteiger partial charge in [0.25, 0.3) is 0 Å². The van der Waals surface area contributed by atoms with Gasteiger partial charge in [0.05, 0.1) is 11.9 Å². The van der Waals surface area contributed by atoms with E-state index in [9.17, 15) is 26.4 Å². The molecule has 10 heteroatoms. The lowest BCUT2D eigenvalue weighted by Gasteiger charge is -2.29. The summed E-state index contributed by atoms with van der Waals surface area (Å²) in [5, 5.41) is 2.42. The van der Waals surface area contributed by atoms with E-state index in [-0.39, 0.29) is 18.8 Å². The SMILES string of the molecule is CS(=O)(=O)N1CCC(C(=O)Nc2ccccc2OC(F)(F)F)CC1. The molecule has 6 nitrogen and oxygen atoms in total. The Hall–Kier alpha value is -1.81. The van der Waals surface area contributed by atoms with E-state index in [0.29, 0.717) is 12.8 Å². The Morgan fingerprint density at radius 1 is 1.25 bits per heavy atom. The van der Waals surface area contributed by atoms with Crippen molar-refractivity contribution in [1.29, 1.82) is 0 Å². The first-order valence-corrected chi connectivity index (χ1v) is 9.02. The highest BCUT2D eigenvalue weighted by molar-refractivity contribution is 7.88. The number of amides is 1. The topological polar surface area (TPSA) is 75.7 Å². The van der Waals surface area contributed by atoms with Gasteiger partial charge in [-0.25, -0.2) is 12.7 Å². The summed E-state index contributed by atoms with van der Waals surface area (Å²) >= 11 is 0. The standard InChI is InChI=1S/C14H17F3N2O4S/c1-24(21,22)19-8-6-10(7-9-19)13(20)18-11-4-2-3-5-12(11)23-14(15,16)17/h2-5,10H,6-9H2,1H3,(H,18,20). The van der Waals surface area contributed by atoms with Crippen LogP contribution in [0.3, 0.4) is 0 Å². The average Bonchev–Trinajstić information content (AvgIpc) is 2.47. The number of rotatable bonds is 4. The average molecular weight is 366 g/mol. The third kappa shape index (κ3) is 5.10. The number of hydrogen-bond acceptors (Lipinski definition) is 4. The summed E-state index contributed by atoms with van der Waals surface area (Å²) in [4.78, 5) is 12.2. The van der Waals surface area contributed by atoms with Crippen molar-refractivity contribution < 1.29 is 31.1 Å². The number of nitrogens with zero attached hydrogens (tertiary/aromatic N) is 1. The Morgan fingerprint density at radius 3 is 2.38 bits per heavy atom. The van der Waals surface area contributed by atoms with Gasteiger partial charge in [0.2, 0.25) is 15.9 Å². The number of alkyl halides is 3. The summed E-state index contributed by atoms with van der Waals surface area (Å²) in [6, 6.07) is 5.26. The van der Waals surface area contributed by atoms with Crippen molar-refractivity contribution in [3.63, 3.8) is 0 Å². The fourth-order valence-electron chi connectivity index (χ4n) is 2.47. The number of carbonyl (C=O) groups is 1. The molecule has 1 amide bonds. The van der Waals surface area contributed by atoms with E-state index in [4.69, 9.17) is 0 Å². The number of hydrogen-bond donors (Lipinski definition) is 1. The van der Waals surface area contributed by atoms with Crippen molar-refractivity contribution in [1.82, 2.24) is 4.31 Å². The Bertz CT molecular complexity index is 698. The number of piperidine rings is 1. The van der Waals surface area contributed by atoms with Gasteiger partial charge in [-0.15, -0.1) is 13.2 Å². The molecular formula is C14H17F3N2O4S. The van der Waals surface area contributed by atoms with Crippen LogP contribution in [-0.2, 0) is 14.8 Å². The molecule has 0 aliphatic carbocycles. The summed E-state index contributed by atoms with van der Waals surface area (Å²) in [6.45, 7) is 0.412. The van der Waals surface area contributed by atoms with Gasteiger partial charge in [-0.05, 0) is 25.0 Å². The second kappa shape index (κ2) is 6.98. The van der Waals surface area contributed by atoms with E-state index in [1.807, 2.05) is 0 Å². The van der Waals surface area contributed by atoms with E-state index in [1.54, 1.807) is 0 Å². The quantitative estimate of drug-likeness (QED) is 0.886. The number of para-hydroxylation sites is 2. The summed E-state index contributed by atoms with van der Waals surface area (Å²) in [7, 11) is -3.30. The number of ether oxygens (including phenoxy) is 1. The van der Waals surface area contributed by atoms with E-state index in [0.717, 1.165) is 12.3 Å². The van der Waals surface area contributed by atoms with E-state index in [1.165, 1.54) is 22.5 Å². The fraction of sp³-hybridized carbons (Fsp3) is 0.500. The lowest BCUT2D eigenvalue weighted by molar-refractivity contribution is -0.274. The second-order valence-electron chi connectivity index (χ2n) is 5.47. The summed E-state index contributed by atoms with van der Waals surface area (Å²) in [5.74, 6) is -1.42. The molecule has 1 heterocycles. The van der Waals surface area contributed by atoms with Crippen LogP contribution in [0, 0.1) is 5.92 Å². The van der Waals surface area contributed by atoms with Gasteiger partial charge in [0.15, 0.2) is 5.75 Å². The molecule has 134 valence electrons. The van der Waals surface area contributed by atoms with Gasteiger partial charge in [0, 0.05) is 19.0 Å². The van der Waals surface area contributed by atoms with Crippen molar-refractivity contribution in [3.05, 3.63) is 24.3 Å². The van der Waals surface area contributed by atoms with Crippen molar-refractivity contribution in [3.8, 4) is 5.75 Å². The van der Waals surface area contributed by atoms with Crippen LogP contribution in [0.15, 0.2) is 24.3 Å². The molecule has 0 spiro atoms. The van der Waals surface area contributed by atoms with Gasteiger partial charge >= 0.3 is 6.36 Å². The first-order chi connectivity index (χ1) is 11.1. The van der Waals surface area contributed by atoms with E-state index < -0.39 is 34.0 Å². The molecule has 1 aliphatic rings. The second-order valence-corrected chi connectivity index (χ2v) is 7.45. The van der Waals surface area contributed by atoms with Crippen molar-refractivity contribution in [2.24, 2.45) is 5.92 Å². The van der Waals surface area contributed by atoms with Crippen LogP contribution in [0.2, 0.25) is 0 Å². The normalized spacial score (nSPS) is 17.5. The Labute approximate surface area is 137 Å². The van der Waals surface area contributed by atoms with Crippen molar-refractivity contribution in [2.75, 3.05) is 24.7 Å². The molecule has 1 saturated heterocycles. The highest BCUT2D eigenvalue weighted by Gasteiger charge is 2.33. The third-order valence-electron chi connectivity index (χ3n) is 3.66. The first kappa shape index (κ1) is 18.5. The molecule has 0 saturated carbocycles. The van der Waals surface area contributed by atoms with E-state index >= 15 is 0 Å². The highest BCUT2D eigenvalue weighted by Crippen LogP contribution is 2.31. The molecule has 0 bridgehead atoms. The molecular weight excluding hydrogens is 349 g/mol. The summed E-state index contributed by atoms with van der Waals surface area (Å²) < 4.78 is 65.1. The van der Waals surface area contributed by atoms with Crippen molar-refractivity contribution >= 4 is 21.6 Å². The zero-order chi connectivity index (χ0) is 18.0. The maximum Gasteiger partial charge on any atom is 0.573 e. The van der Waals surface area contributed by atoms with Crippen LogP contribution in [0.25, 0.3) is 0 Å². The van der Waals surface area contributed by atoms with Crippen molar-refractivity contribution in [2.45, 2.75) is 19.2 Å². The van der Waals surface area contributed by atoms with Gasteiger partial charge < -0.3 is 10.1 Å². The largest absolute Gasteiger partial charge is 0.573 e. The highest BCUT2D eigenvalue weighted by atomic mass is 32.2. The minimum atomic E-state index is -4.86. The smallest absolute Gasteiger partial charge is 0.404 e. The molecule has 1 aromatic rings. The zero-order valence-corrected chi connectivity index (χ0v) is 13.7. The van der Waals surface area contributed by atoms with Crippen LogP contribution >= 0.6 is 0 Å². The van der Waals surface area contributed by atoms with E-state index in [2.05, 4.69) is 10.1 Å². The molecule has 0 aromatic heterocycles. The van der Waals surface area contributed by atoms with Crippen LogP contribution in [0.4, 0.5) is 18.9 Å². The molecule has 1 aromatic carbocycles. The molecule has 1 N–H and O–H groups in total. The minimum Gasteiger partial charge on any atom is -0.404 e. The molecule has 0 radical (unpaired) electrons. The maximum atomic E-state index is 12.4. The maximum absolute atomic E-state index is 12.4. The number of nitrogens with one attached hydrogen (secondary N) is 1. The summed E-state index contributed by atoms with van der Waals surface area (Å²) in [5.41, 5.74) is -0.0784. The lowest BCUT2D eigenvalue weighted by atomic mass is 9.97. The number of carbonyl (C=O) groups excluding carboxylic acids is 1. The molecule has 1 fully saturated rings. The van der Waals surface area contributed by atoms with Crippen LogP contribution < -0.4 is 10.1 Å². The molecule has 0 atom stereocenters. The first-order valence-electron chi connectivity index (χ1n) is 7.17. The third-order valence-corrected chi connectivity index (χ3v) is 4.97.